The highest BCUT2D eigenvalue weighted by molar-refractivity contribution is 8.14. The largest absolute Gasteiger partial charge is 0.507 e. The lowest BCUT2D eigenvalue weighted by atomic mass is 10.0. The third-order valence-corrected chi connectivity index (χ3v) is 4.96. The van der Waals surface area contributed by atoms with E-state index in [1.807, 2.05) is 0 Å². The van der Waals surface area contributed by atoms with E-state index in [1.54, 1.807) is 13.8 Å². The number of fused-ring (bicyclic) bond motifs is 1. The molecule has 9 nitrogen and oxygen atoms in total. The number of carbonyl (C=O) groups excluding carboxylic acids is 2. The summed E-state index contributed by atoms with van der Waals surface area (Å²) < 4.78 is 16.0. The van der Waals surface area contributed by atoms with Crippen molar-refractivity contribution in [3.63, 3.8) is 0 Å². The molecule has 2 heterocycles. The predicted molar refractivity (Wildman–Crippen MR) is 95.8 cm³/mol. The number of hydrogen-bond donors (Lipinski definition) is 2. The lowest BCUT2D eigenvalue weighted by molar-refractivity contribution is -0.120. The van der Waals surface area contributed by atoms with E-state index in [2.05, 4.69) is 15.5 Å². The minimum atomic E-state index is -0.655. The van der Waals surface area contributed by atoms with Crippen molar-refractivity contribution in [3.05, 3.63) is 34.5 Å². The molecule has 0 saturated carbocycles. The van der Waals surface area contributed by atoms with E-state index in [0.29, 0.717) is 22.7 Å². The summed E-state index contributed by atoms with van der Waals surface area (Å²) in [7, 11) is 1.46. The van der Waals surface area contributed by atoms with Crippen LogP contribution in [0.3, 0.4) is 0 Å². The Morgan fingerprint density at radius 2 is 2.15 bits per heavy atom. The van der Waals surface area contributed by atoms with E-state index >= 15 is 0 Å². The molecule has 0 radical (unpaired) electrons. The highest BCUT2D eigenvalue weighted by atomic mass is 32.2. The Morgan fingerprint density at radius 3 is 2.81 bits per heavy atom. The Labute approximate surface area is 159 Å². The average molecular weight is 393 g/mol. The van der Waals surface area contributed by atoms with Crippen LogP contribution in [-0.4, -0.2) is 45.7 Å². The van der Waals surface area contributed by atoms with Crippen molar-refractivity contribution >= 4 is 22.8 Å². The smallest absolute Gasteiger partial charge is 0.251 e. The fourth-order valence-corrected chi connectivity index (χ4v) is 3.55. The Kier molecular flexibility index (Phi) is 5.66. The summed E-state index contributed by atoms with van der Waals surface area (Å²) in [6.07, 6.45) is 0. The van der Waals surface area contributed by atoms with Crippen molar-refractivity contribution in [2.45, 2.75) is 26.5 Å². The maximum Gasteiger partial charge on any atom is 0.251 e. The minimum Gasteiger partial charge on any atom is -0.507 e. The van der Waals surface area contributed by atoms with Crippen LogP contribution in [0.2, 0.25) is 0 Å². The Morgan fingerprint density at radius 1 is 1.37 bits per heavy atom. The SMILES string of the molecule is COc1cc(O)c2c(c1C)C(=O)SCC(=O)N[C@@H](c1nc(C)no1)COC2. The third kappa shape index (κ3) is 4.06. The Balaban J connectivity index is 1.95. The van der Waals surface area contributed by atoms with Crippen LogP contribution in [0.15, 0.2) is 10.6 Å². The van der Waals surface area contributed by atoms with Crippen LogP contribution in [0.5, 0.6) is 11.5 Å². The van der Waals surface area contributed by atoms with Gasteiger partial charge in [-0.15, -0.1) is 0 Å². The third-order valence-electron chi connectivity index (χ3n) is 4.09. The molecule has 0 aliphatic carbocycles. The average Bonchev–Trinajstić information content (AvgIpc) is 3.06. The second kappa shape index (κ2) is 7.97. The second-order valence-electron chi connectivity index (χ2n) is 5.97. The summed E-state index contributed by atoms with van der Waals surface area (Å²) in [4.78, 5) is 29.0. The number of phenols is 1. The number of ether oxygens (including phenoxy) is 2. The summed E-state index contributed by atoms with van der Waals surface area (Å²) in [5.41, 5.74) is 1.22. The maximum atomic E-state index is 12.7. The molecule has 0 unspecified atom stereocenters. The molecule has 0 spiro atoms. The number of aryl methyl sites for hydroxylation is 1. The number of amides is 1. The second-order valence-corrected chi connectivity index (χ2v) is 6.92. The van der Waals surface area contributed by atoms with E-state index < -0.39 is 6.04 Å². The van der Waals surface area contributed by atoms with Crippen molar-refractivity contribution < 1.29 is 28.7 Å². The number of aromatic nitrogens is 2. The lowest BCUT2D eigenvalue weighted by Gasteiger charge is -2.17. The van der Waals surface area contributed by atoms with Gasteiger partial charge in [-0.05, 0) is 13.8 Å². The Bertz CT molecular complexity index is 882. The number of aromatic hydroxyl groups is 1. The molecule has 1 aromatic carbocycles. The van der Waals surface area contributed by atoms with Crippen molar-refractivity contribution in [1.29, 1.82) is 0 Å². The number of nitrogens with zero attached hydrogens (tertiary/aromatic N) is 2. The molecule has 1 aliphatic heterocycles. The number of nitrogens with one attached hydrogen (secondary N) is 1. The highest BCUT2D eigenvalue weighted by Crippen LogP contribution is 2.35. The van der Waals surface area contributed by atoms with Crippen molar-refractivity contribution in [2.75, 3.05) is 19.5 Å². The molecular formula is C17H19N3O6S. The molecule has 0 saturated heterocycles. The van der Waals surface area contributed by atoms with Crippen LogP contribution < -0.4 is 10.1 Å². The monoisotopic (exact) mass is 393 g/mol. The van der Waals surface area contributed by atoms with Crippen LogP contribution in [-0.2, 0) is 16.1 Å². The van der Waals surface area contributed by atoms with Crippen LogP contribution >= 0.6 is 11.8 Å². The van der Waals surface area contributed by atoms with E-state index in [4.69, 9.17) is 14.0 Å². The zero-order valence-electron chi connectivity index (χ0n) is 15.1. The van der Waals surface area contributed by atoms with Gasteiger partial charge in [0.15, 0.2) is 5.82 Å². The number of phenolic OH excluding ortho intramolecular Hbond substituents is 1. The van der Waals surface area contributed by atoms with Crippen LogP contribution in [0, 0.1) is 13.8 Å². The van der Waals surface area contributed by atoms with Gasteiger partial charge in [0.05, 0.1) is 26.1 Å². The van der Waals surface area contributed by atoms with Gasteiger partial charge < -0.3 is 24.4 Å². The molecule has 2 N–H and O–H groups in total. The van der Waals surface area contributed by atoms with Gasteiger partial charge >= 0.3 is 0 Å². The molecule has 1 atom stereocenters. The van der Waals surface area contributed by atoms with Crippen molar-refractivity contribution in [3.8, 4) is 11.5 Å². The molecule has 1 aliphatic rings. The van der Waals surface area contributed by atoms with Gasteiger partial charge in [0.25, 0.3) is 5.89 Å². The van der Waals surface area contributed by atoms with Gasteiger partial charge in [0, 0.05) is 22.8 Å². The van der Waals surface area contributed by atoms with E-state index in [-0.39, 0.29) is 47.2 Å². The molecule has 1 aromatic heterocycles. The zero-order valence-corrected chi connectivity index (χ0v) is 15.9. The van der Waals surface area contributed by atoms with E-state index in [9.17, 15) is 14.7 Å². The molecule has 10 heteroatoms. The topological polar surface area (TPSA) is 124 Å². The van der Waals surface area contributed by atoms with Gasteiger partial charge in [-0.25, -0.2) is 0 Å². The van der Waals surface area contributed by atoms with Crippen molar-refractivity contribution in [1.82, 2.24) is 15.5 Å². The van der Waals surface area contributed by atoms with Gasteiger partial charge in [-0.3, -0.25) is 9.59 Å². The number of thioether (sulfide) groups is 1. The summed E-state index contributed by atoms with van der Waals surface area (Å²) in [6.45, 7) is 3.40. The molecule has 144 valence electrons. The number of hydrogen-bond acceptors (Lipinski definition) is 9. The number of methoxy groups -OCH3 is 1. The van der Waals surface area contributed by atoms with Gasteiger partial charge in [-0.2, -0.15) is 4.98 Å². The highest BCUT2D eigenvalue weighted by Gasteiger charge is 2.27. The normalized spacial score (nSPS) is 18.4. The lowest BCUT2D eigenvalue weighted by Crippen LogP contribution is -2.33. The van der Waals surface area contributed by atoms with Crippen LogP contribution in [0.1, 0.15) is 39.2 Å². The summed E-state index contributed by atoms with van der Waals surface area (Å²) in [6, 6.07) is 0.787. The van der Waals surface area contributed by atoms with E-state index in [0.717, 1.165) is 11.8 Å². The predicted octanol–water partition coefficient (Wildman–Crippen LogP) is 1.66. The molecule has 1 amide bonds. The number of carbonyl (C=O) groups is 2. The summed E-state index contributed by atoms with van der Waals surface area (Å²) in [5.74, 6) is 0.463. The minimum absolute atomic E-state index is 0.0300. The van der Waals surface area contributed by atoms with Crippen LogP contribution in [0.25, 0.3) is 0 Å². The molecule has 0 bridgehead atoms. The zero-order chi connectivity index (χ0) is 19.6. The first-order chi connectivity index (χ1) is 12.9. The quantitative estimate of drug-likeness (QED) is 0.784. The maximum absolute atomic E-state index is 12.7. The van der Waals surface area contributed by atoms with Gasteiger partial charge in [0.2, 0.25) is 11.0 Å². The fourth-order valence-electron chi connectivity index (χ4n) is 2.78. The molecule has 0 fully saturated rings. The molecule has 2 aromatic rings. The van der Waals surface area contributed by atoms with Crippen LogP contribution in [0.4, 0.5) is 0 Å². The standard InChI is InChI=1S/C17H19N3O6S/c1-8-13(24-3)4-12(21)10-5-25-6-11(16-18-9(2)20-26-16)19-14(22)7-27-17(23)15(8)10/h4,11,21H,5-7H2,1-3H3,(H,19,22)/t11-/m1/s1. The Hall–Kier alpha value is -2.59. The molecule has 3 rings (SSSR count). The number of rotatable bonds is 2. The molecular weight excluding hydrogens is 374 g/mol. The van der Waals surface area contributed by atoms with E-state index in [1.165, 1.54) is 13.2 Å². The van der Waals surface area contributed by atoms with Gasteiger partial charge in [-0.1, -0.05) is 16.9 Å². The molecule has 27 heavy (non-hydrogen) atoms. The fraction of sp³-hybridized carbons (Fsp3) is 0.412. The number of benzene rings is 1. The first-order valence-corrected chi connectivity index (χ1v) is 9.13. The van der Waals surface area contributed by atoms with Gasteiger partial charge in [0.1, 0.15) is 17.5 Å². The first-order valence-electron chi connectivity index (χ1n) is 8.14. The summed E-state index contributed by atoms with van der Waals surface area (Å²) >= 11 is 0.840. The van der Waals surface area contributed by atoms with Crippen molar-refractivity contribution in [2.24, 2.45) is 0 Å². The summed E-state index contributed by atoms with van der Waals surface area (Å²) in [5, 5.41) is 16.4. The first kappa shape index (κ1) is 19.2.